The van der Waals surface area contributed by atoms with E-state index in [4.69, 9.17) is 4.74 Å². The second-order valence-corrected chi connectivity index (χ2v) is 3.66. The zero-order valence-corrected chi connectivity index (χ0v) is 9.99. The number of esters is 1. The molecule has 15 heavy (non-hydrogen) atoms. The topological polar surface area (TPSA) is 55.8 Å². The number of carbonyl (C=O) groups is 2. The summed E-state index contributed by atoms with van der Waals surface area (Å²) < 4.78 is 9.76. The van der Waals surface area contributed by atoms with Crippen molar-refractivity contribution in [1.29, 1.82) is 0 Å². The summed E-state index contributed by atoms with van der Waals surface area (Å²) in [5.74, 6) is -0.891. The summed E-state index contributed by atoms with van der Waals surface area (Å²) in [7, 11) is 4.44. The first kappa shape index (κ1) is 13.9. The van der Waals surface area contributed by atoms with Gasteiger partial charge in [0.15, 0.2) is 5.41 Å². The molecule has 1 atom stereocenters. The maximum absolute atomic E-state index is 11.8. The average Bonchev–Trinajstić information content (AvgIpc) is 2.23. The maximum Gasteiger partial charge on any atom is 0.323 e. The molecule has 5 nitrogen and oxygen atoms in total. The van der Waals surface area contributed by atoms with Crippen molar-refractivity contribution in [2.45, 2.75) is 13.8 Å². The van der Waals surface area contributed by atoms with E-state index >= 15 is 0 Å². The Balaban J connectivity index is 4.84. The Morgan fingerprint density at radius 3 is 2.20 bits per heavy atom. The van der Waals surface area contributed by atoms with Crippen LogP contribution in [0, 0.1) is 5.41 Å². The van der Waals surface area contributed by atoms with E-state index in [9.17, 15) is 9.59 Å². The number of nitrogens with zero attached hydrogens (tertiary/aromatic N) is 1. The summed E-state index contributed by atoms with van der Waals surface area (Å²) >= 11 is 0. The summed E-state index contributed by atoms with van der Waals surface area (Å²) in [4.78, 5) is 24.7. The van der Waals surface area contributed by atoms with Gasteiger partial charge in [0, 0.05) is 20.7 Å². The van der Waals surface area contributed by atoms with Crippen molar-refractivity contribution in [3.63, 3.8) is 0 Å². The Bertz CT molecular complexity index is 240. The van der Waals surface area contributed by atoms with Crippen LogP contribution in [0.2, 0.25) is 0 Å². The van der Waals surface area contributed by atoms with Gasteiger partial charge in [0.25, 0.3) is 0 Å². The van der Waals surface area contributed by atoms with Gasteiger partial charge in [0.1, 0.15) is 0 Å². The third-order valence-electron chi connectivity index (χ3n) is 2.11. The van der Waals surface area contributed by atoms with Gasteiger partial charge in [-0.2, -0.15) is 0 Å². The molecule has 1 unspecified atom stereocenters. The van der Waals surface area contributed by atoms with Crippen LogP contribution in [0.5, 0.6) is 0 Å². The number of carbonyl (C=O) groups excluding carboxylic acids is 2. The first-order chi connectivity index (χ1) is 6.90. The molecule has 0 aliphatic heterocycles. The van der Waals surface area contributed by atoms with E-state index in [1.807, 2.05) is 0 Å². The Morgan fingerprint density at radius 1 is 1.33 bits per heavy atom. The van der Waals surface area contributed by atoms with Crippen molar-refractivity contribution >= 4 is 11.9 Å². The van der Waals surface area contributed by atoms with Crippen LogP contribution in [0.15, 0.2) is 0 Å². The molecule has 0 spiro atoms. The van der Waals surface area contributed by atoms with Gasteiger partial charge in [0.2, 0.25) is 5.91 Å². The minimum absolute atomic E-state index is 0.0349. The monoisotopic (exact) mass is 217 g/mol. The third-order valence-corrected chi connectivity index (χ3v) is 2.11. The van der Waals surface area contributed by atoms with Crippen molar-refractivity contribution in [2.75, 3.05) is 34.4 Å². The summed E-state index contributed by atoms with van der Waals surface area (Å²) in [5, 5.41) is 0. The number of amides is 1. The van der Waals surface area contributed by atoms with Gasteiger partial charge in [-0.3, -0.25) is 9.59 Å². The molecule has 0 aliphatic rings. The van der Waals surface area contributed by atoms with Crippen molar-refractivity contribution in [3.05, 3.63) is 0 Å². The molecular weight excluding hydrogens is 198 g/mol. The van der Waals surface area contributed by atoms with Gasteiger partial charge >= 0.3 is 5.97 Å². The van der Waals surface area contributed by atoms with Crippen LogP contribution in [-0.4, -0.2) is 51.2 Å². The lowest BCUT2D eigenvalue weighted by molar-refractivity contribution is -0.165. The minimum Gasteiger partial charge on any atom is -0.468 e. The molecule has 0 heterocycles. The maximum atomic E-state index is 11.8. The van der Waals surface area contributed by atoms with E-state index in [2.05, 4.69) is 4.74 Å². The van der Waals surface area contributed by atoms with Crippen LogP contribution < -0.4 is 0 Å². The molecule has 88 valence electrons. The van der Waals surface area contributed by atoms with Gasteiger partial charge in [-0.25, -0.2) is 0 Å². The van der Waals surface area contributed by atoms with Crippen molar-refractivity contribution < 1.29 is 19.1 Å². The molecule has 0 saturated carbocycles. The SMILES string of the molecule is CCOCC(C)(C(=O)OC)C(=O)N(C)C. The molecule has 1 amide bonds. The van der Waals surface area contributed by atoms with Gasteiger partial charge in [0.05, 0.1) is 13.7 Å². The van der Waals surface area contributed by atoms with E-state index in [-0.39, 0.29) is 12.5 Å². The standard InChI is InChI=1S/C10H19NO4/c1-6-15-7-10(2,9(13)14-5)8(12)11(3)4/h6-7H2,1-5H3. The van der Waals surface area contributed by atoms with Crippen molar-refractivity contribution in [1.82, 2.24) is 4.90 Å². The minimum atomic E-state index is -1.26. The number of hydrogen-bond donors (Lipinski definition) is 0. The van der Waals surface area contributed by atoms with Crippen LogP contribution >= 0.6 is 0 Å². The molecule has 0 aliphatic carbocycles. The molecule has 0 rings (SSSR count). The van der Waals surface area contributed by atoms with E-state index in [1.165, 1.54) is 18.9 Å². The van der Waals surface area contributed by atoms with Gasteiger partial charge in [-0.15, -0.1) is 0 Å². The Hall–Kier alpha value is -1.10. The van der Waals surface area contributed by atoms with Crippen LogP contribution in [-0.2, 0) is 19.1 Å². The van der Waals surface area contributed by atoms with Crippen LogP contribution in [0.25, 0.3) is 0 Å². The predicted octanol–water partition coefficient (Wildman–Crippen LogP) is 0.290. The lowest BCUT2D eigenvalue weighted by Gasteiger charge is -2.27. The summed E-state index contributed by atoms with van der Waals surface area (Å²) in [6.45, 7) is 3.81. The molecule has 0 N–H and O–H groups in total. The van der Waals surface area contributed by atoms with Gasteiger partial charge in [-0.1, -0.05) is 0 Å². The first-order valence-corrected chi connectivity index (χ1v) is 4.78. The molecule has 0 radical (unpaired) electrons. The highest BCUT2D eigenvalue weighted by atomic mass is 16.5. The van der Waals surface area contributed by atoms with E-state index in [1.54, 1.807) is 21.0 Å². The predicted molar refractivity (Wildman–Crippen MR) is 55.3 cm³/mol. The molecule has 0 aromatic heterocycles. The van der Waals surface area contributed by atoms with E-state index in [0.29, 0.717) is 6.61 Å². The fourth-order valence-corrected chi connectivity index (χ4v) is 1.23. The Morgan fingerprint density at radius 2 is 1.87 bits per heavy atom. The molecular formula is C10H19NO4. The van der Waals surface area contributed by atoms with Crippen LogP contribution in [0.3, 0.4) is 0 Å². The highest BCUT2D eigenvalue weighted by molar-refractivity contribution is 6.02. The second kappa shape index (κ2) is 5.70. The quantitative estimate of drug-likeness (QED) is 0.490. The van der Waals surface area contributed by atoms with Crippen molar-refractivity contribution in [2.24, 2.45) is 5.41 Å². The van der Waals surface area contributed by atoms with Crippen LogP contribution in [0.4, 0.5) is 0 Å². The lowest BCUT2D eigenvalue weighted by Crippen LogP contribution is -2.47. The Kier molecular flexibility index (Phi) is 5.28. The number of hydrogen-bond acceptors (Lipinski definition) is 4. The zero-order valence-electron chi connectivity index (χ0n) is 9.99. The molecule has 5 heteroatoms. The normalized spacial score (nSPS) is 14.2. The van der Waals surface area contributed by atoms with Crippen molar-refractivity contribution in [3.8, 4) is 0 Å². The van der Waals surface area contributed by atoms with Gasteiger partial charge < -0.3 is 14.4 Å². The summed E-state index contributed by atoms with van der Waals surface area (Å²) in [6, 6.07) is 0. The number of rotatable bonds is 5. The van der Waals surface area contributed by atoms with E-state index in [0.717, 1.165) is 0 Å². The Labute approximate surface area is 90.3 Å². The highest BCUT2D eigenvalue weighted by Gasteiger charge is 2.43. The smallest absolute Gasteiger partial charge is 0.323 e. The molecule has 0 saturated heterocycles. The third kappa shape index (κ3) is 3.20. The molecule has 0 aromatic rings. The molecule has 0 fully saturated rings. The average molecular weight is 217 g/mol. The summed E-state index contributed by atoms with van der Waals surface area (Å²) in [6.07, 6.45) is 0. The zero-order chi connectivity index (χ0) is 12.1. The van der Waals surface area contributed by atoms with E-state index < -0.39 is 11.4 Å². The second-order valence-electron chi connectivity index (χ2n) is 3.66. The fourth-order valence-electron chi connectivity index (χ4n) is 1.23. The molecule has 0 bridgehead atoms. The first-order valence-electron chi connectivity index (χ1n) is 4.78. The number of methoxy groups -OCH3 is 1. The lowest BCUT2D eigenvalue weighted by atomic mass is 9.90. The highest BCUT2D eigenvalue weighted by Crippen LogP contribution is 2.21. The largest absolute Gasteiger partial charge is 0.468 e. The van der Waals surface area contributed by atoms with Crippen LogP contribution in [0.1, 0.15) is 13.8 Å². The van der Waals surface area contributed by atoms with Gasteiger partial charge in [-0.05, 0) is 13.8 Å². The fraction of sp³-hybridized carbons (Fsp3) is 0.800. The number of ether oxygens (including phenoxy) is 2. The molecule has 0 aromatic carbocycles. The summed E-state index contributed by atoms with van der Waals surface area (Å²) in [5.41, 5.74) is -1.26.